The first-order valence-corrected chi connectivity index (χ1v) is 3.22. The Morgan fingerprint density at radius 1 is 1.00 bits per heavy atom. The second-order valence-electron chi connectivity index (χ2n) is 1.01. The van der Waals surface area contributed by atoms with Crippen molar-refractivity contribution in [1.82, 2.24) is 0 Å². The predicted molar refractivity (Wildman–Crippen MR) is 24.4 cm³/mol. The van der Waals surface area contributed by atoms with Gasteiger partial charge in [0.15, 0.2) is 0 Å². The van der Waals surface area contributed by atoms with Crippen molar-refractivity contribution >= 4 is 15.1 Å². The Balaban J connectivity index is -0.000000107. The van der Waals surface area contributed by atoms with Crippen LogP contribution in [0.5, 0.6) is 0 Å². The van der Waals surface area contributed by atoms with Crippen LogP contribution in [-0.4, -0.2) is 21.9 Å². The van der Waals surface area contributed by atoms with Crippen LogP contribution < -0.4 is 29.6 Å². The summed E-state index contributed by atoms with van der Waals surface area (Å²) < 4.78 is 47.9. The molecule has 0 atom stereocenters. The third-order valence-electron chi connectivity index (χ3n) is 0. The second kappa shape index (κ2) is 6.42. The maximum Gasteiger partial charge on any atom is 1.00 e. The van der Waals surface area contributed by atoms with Gasteiger partial charge in [0, 0.05) is 0 Å². The molecule has 0 heterocycles. The molecule has 0 amide bonds. The molecule has 0 rings (SSSR count). The molecule has 0 fully saturated rings. The van der Waals surface area contributed by atoms with Crippen LogP contribution in [-0.2, 0) is 4.57 Å². The Labute approximate surface area is 81.2 Å². The molecule has 0 aromatic heterocycles. The van der Waals surface area contributed by atoms with Crippen LogP contribution in [0.3, 0.4) is 0 Å². The summed E-state index contributed by atoms with van der Waals surface area (Å²) in [7, 11) is -10.6. The van der Waals surface area contributed by atoms with E-state index in [1.165, 1.54) is 0 Å². The average Bonchev–Trinajstić information content (AvgIpc) is 1.12. The molecule has 11 heteroatoms. The van der Waals surface area contributed by atoms with E-state index in [0.717, 1.165) is 0 Å². The molecular weight excluding hydrogens is 205 g/mol. The standard InChI is InChI=1S/BF4.Na.H3O4P/c2-1(3,4)5;;1-5(2,3)4/h;;(H3,1,2,3,4)/q-1;+1;. The predicted octanol–water partition coefficient (Wildman–Crippen LogP) is -2.62. The van der Waals surface area contributed by atoms with E-state index in [2.05, 4.69) is 0 Å². The van der Waals surface area contributed by atoms with Gasteiger partial charge in [-0.25, -0.2) is 4.57 Å². The molecule has 0 aliphatic carbocycles. The summed E-state index contributed by atoms with van der Waals surface area (Å²) in [5, 5.41) is 0. The van der Waals surface area contributed by atoms with Crippen molar-refractivity contribution < 1.29 is 66.1 Å². The van der Waals surface area contributed by atoms with Crippen molar-refractivity contribution in [3.8, 4) is 0 Å². The minimum atomic E-state index is -6.00. The van der Waals surface area contributed by atoms with E-state index in [1.807, 2.05) is 0 Å². The third kappa shape index (κ3) is 1080. The van der Waals surface area contributed by atoms with Crippen LogP contribution in [0, 0.1) is 0 Å². The maximum absolute atomic E-state index is 9.75. The van der Waals surface area contributed by atoms with Crippen molar-refractivity contribution in [3.05, 3.63) is 0 Å². The molecule has 0 bridgehead atoms. The van der Waals surface area contributed by atoms with Crippen LogP contribution >= 0.6 is 7.82 Å². The average molecular weight is 208 g/mol. The fourth-order valence-corrected chi connectivity index (χ4v) is 0. The SMILES string of the molecule is F[B-](F)(F)F.O=P(O)(O)O.[Na+]. The molecule has 0 aromatic carbocycles. The van der Waals surface area contributed by atoms with Gasteiger partial charge in [-0.1, -0.05) is 0 Å². The Kier molecular flexibility index (Phi) is 10.4. The first-order valence-electron chi connectivity index (χ1n) is 1.66. The van der Waals surface area contributed by atoms with E-state index in [4.69, 9.17) is 19.2 Å². The van der Waals surface area contributed by atoms with Crippen LogP contribution in [0.2, 0.25) is 0 Å². The molecule has 4 nitrogen and oxygen atoms in total. The fourth-order valence-electron chi connectivity index (χ4n) is 0. The van der Waals surface area contributed by atoms with Crippen molar-refractivity contribution in [2.45, 2.75) is 0 Å². The summed E-state index contributed by atoms with van der Waals surface area (Å²) in [6, 6.07) is 0. The van der Waals surface area contributed by atoms with Gasteiger partial charge in [0.2, 0.25) is 0 Å². The largest absolute Gasteiger partial charge is 1.00 e. The van der Waals surface area contributed by atoms with E-state index in [9.17, 15) is 17.3 Å². The van der Waals surface area contributed by atoms with Gasteiger partial charge in [-0.15, -0.1) is 0 Å². The molecular formula is H3BF4NaO4P. The van der Waals surface area contributed by atoms with Gasteiger partial charge in [0.05, 0.1) is 0 Å². The van der Waals surface area contributed by atoms with Crippen LogP contribution in [0.4, 0.5) is 17.3 Å². The third-order valence-corrected chi connectivity index (χ3v) is 0. The molecule has 0 spiro atoms. The topological polar surface area (TPSA) is 77.8 Å². The zero-order chi connectivity index (χ0) is 9.00. The van der Waals surface area contributed by atoms with Crippen LogP contribution in [0.15, 0.2) is 0 Å². The minimum absolute atomic E-state index is 0. The second-order valence-corrected chi connectivity index (χ2v) is 2.03. The molecule has 0 radical (unpaired) electrons. The summed E-state index contributed by atoms with van der Waals surface area (Å²) in [4.78, 5) is 21.6. The molecule has 0 aliphatic rings. The Morgan fingerprint density at radius 2 is 1.00 bits per heavy atom. The van der Waals surface area contributed by atoms with Gasteiger partial charge in [-0.3, -0.25) is 0 Å². The smallest absolute Gasteiger partial charge is 0.418 e. The number of rotatable bonds is 0. The van der Waals surface area contributed by atoms with Gasteiger partial charge >= 0.3 is 44.6 Å². The first-order chi connectivity index (χ1) is 4.00. The van der Waals surface area contributed by atoms with Crippen molar-refractivity contribution in [1.29, 1.82) is 0 Å². The molecule has 0 saturated heterocycles. The molecule has 3 N–H and O–H groups in total. The number of hydrogen-bond acceptors (Lipinski definition) is 1. The van der Waals surface area contributed by atoms with Crippen molar-refractivity contribution in [2.75, 3.05) is 0 Å². The summed E-state index contributed by atoms with van der Waals surface area (Å²) >= 11 is 0. The monoisotopic (exact) mass is 208 g/mol. The summed E-state index contributed by atoms with van der Waals surface area (Å²) in [5.74, 6) is 0. The van der Waals surface area contributed by atoms with Gasteiger partial charge in [0.25, 0.3) is 0 Å². The van der Waals surface area contributed by atoms with Crippen LogP contribution in [0.25, 0.3) is 0 Å². The normalized spacial score (nSPS) is 10.8. The van der Waals surface area contributed by atoms with E-state index in [1.54, 1.807) is 0 Å². The molecule has 0 saturated carbocycles. The molecule has 0 aliphatic heterocycles. The van der Waals surface area contributed by atoms with Gasteiger partial charge < -0.3 is 31.9 Å². The van der Waals surface area contributed by atoms with E-state index in [0.29, 0.717) is 0 Å². The number of phosphoric acid groups is 1. The quantitative estimate of drug-likeness (QED) is 0.231. The molecule has 64 valence electrons. The Hall–Kier alpha value is 0.895. The van der Waals surface area contributed by atoms with Gasteiger partial charge in [-0.2, -0.15) is 0 Å². The first kappa shape index (κ1) is 17.8. The minimum Gasteiger partial charge on any atom is -0.418 e. The van der Waals surface area contributed by atoms with E-state index < -0.39 is 15.1 Å². The molecule has 0 aromatic rings. The summed E-state index contributed by atoms with van der Waals surface area (Å²) in [6.45, 7) is 0. The Morgan fingerprint density at radius 3 is 1.00 bits per heavy atom. The van der Waals surface area contributed by atoms with E-state index in [-0.39, 0.29) is 29.6 Å². The summed E-state index contributed by atoms with van der Waals surface area (Å²) in [5.41, 5.74) is 0. The number of halogens is 4. The number of hydrogen-bond donors (Lipinski definition) is 3. The maximum atomic E-state index is 9.75. The van der Waals surface area contributed by atoms with Gasteiger partial charge in [0.1, 0.15) is 0 Å². The Bertz CT molecular complexity index is 114. The fraction of sp³-hybridized carbons (Fsp3) is 0. The zero-order valence-electron chi connectivity index (χ0n) is 5.29. The molecule has 0 unspecified atom stereocenters. The summed E-state index contributed by atoms with van der Waals surface area (Å²) in [6.07, 6.45) is 0. The molecule has 11 heavy (non-hydrogen) atoms. The van der Waals surface area contributed by atoms with Crippen molar-refractivity contribution in [2.24, 2.45) is 0 Å². The zero-order valence-corrected chi connectivity index (χ0v) is 8.18. The van der Waals surface area contributed by atoms with E-state index >= 15 is 0 Å². The van der Waals surface area contributed by atoms with Crippen molar-refractivity contribution in [3.63, 3.8) is 0 Å². The van der Waals surface area contributed by atoms with Crippen LogP contribution in [0.1, 0.15) is 0 Å². The van der Waals surface area contributed by atoms with Gasteiger partial charge in [-0.05, 0) is 0 Å².